The number of hydrogen-bond acceptors (Lipinski definition) is 2. The molecule has 13 heavy (non-hydrogen) atoms. The Hall–Kier alpha value is -0.290. The molecule has 78 valence electrons. The van der Waals surface area contributed by atoms with Gasteiger partial charge in [-0.1, -0.05) is 0 Å². The van der Waals surface area contributed by atoms with Crippen LogP contribution in [0.25, 0.3) is 0 Å². The average molecular weight is 197 g/mol. The van der Waals surface area contributed by atoms with E-state index in [-0.39, 0.29) is 12.5 Å². The Morgan fingerprint density at radius 3 is 2.62 bits per heavy atom. The molecule has 0 unspecified atom stereocenters. The Kier molecular flexibility index (Phi) is 3.55. The Balaban J connectivity index is 2.34. The maximum Gasteiger partial charge on any atom is 0.401 e. The van der Waals surface area contributed by atoms with Gasteiger partial charge in [0, 0.05) is 13.2 Å². The molecule has 1 atom stereocenters. The molecule has 1 aliphatic rings. The molecule has 0 spiro atoms. The predicted molar refractivity (Wildman–Crippen MR) is 42.3 cm³/mol. The first kappa shape index (κ1) is 10.8. The Morgan fingerprint density at radius 1 is 1.38 bits per heavy atom. The van der Waals surface area contributed by atoms with Crippen molar-refractivity contribution in [1.82, 2.24) is 4.90 Å². The normalized spacial score (nSPS) is 26.3. The van der Waals surface area contributed by atoms with Crippen LogP contribution in [-0.2, 0) is 0 Å². The smallest absolute Gasteiger partial charge is 0.396 e. The third-order valence-electron chi connectivity index (χ3n) is 2.26. The number of hydrogen-bond donors (Lipinski definition) is 1. The first-order valence-corrected chi connectivity index (χ1v) is 4.41. The van der Waals surface area contributed by atoms with Gasteiger partial charge >= 0.3 is 6.18 Å². The summed E-state index contributed by atoms with van der Waals surface area (Å²) < 4.78 is 35.9. The van der Waals surface area contributed by atoms with Crippen molar-refractivity contribution < 1.29 is 18.3 Å². The van der Waals surface area contributed by atoms with E-state index < -0.39 is 12.7 Å². The standard InChI is InChI=1S/C8H14F3NO/c9-8(10,11)6-12-3-1-2-7(4-12)5-13/h7,13H,1-6H2/t7-/m0/s1. The average Bonchev–Trinajstić information content (AvgIpc) is 2.01. The van der Waals surface area contributed by atoms with Crippen molar-refractivity contribution in [2.75, 3.05) is 26.2 Å². The van der Waals surface area contributed by atoms with E-state index in [9.17, 15) is 13.2 Å². The van der Waals surface area contributed by atoms with Crippen LogP contribution in [0.2, 0.25) is 0 Å². The van der Waals surface area contributed by atoms with E-state index in [1.54, 1.807) is 0 Å². The topological polar surface area (TPSA) is 23.5 Å². The lowest BCUT2D eigenvalue weighted by Crippen LogP contribution is -2.42. The van der Waals surface area contributed by atoms with Gasteiger partial charge in [-0.05, 0) is 25.3 Å². The van der Waals surface area contributed by atoms with E-state index in [1.807, 2.05) is 0 Å². The number of likely N-dealkylation sites (tertiary alicyclic amines) is 1. The lowest BCUT2D eigenvalue weighted by molar-refractivity contribution is -0.150. The quantitative estimate of drug-likeness (QED) is 0.720. The summed E-state index contributed by atoms with van der Waals surface area (Å²) in [6.07, 6.45) is -2.52. The zero-order valence-corrected chi connectivity index (χ0v) is 7.35. The first-order chi connectivity index (χ1) is 6.01. The van der Waals surface area contributed by atoms with Crippen molar-refractivity contribution in [1.29, 1.82) is 0 Å². The van der Waals surface area contributed by atoms with Crippen molar-refractivity contribution in [2.24, 2.45) is 5.92 Å². The molecule has 0 saturated carbocycles. The minimum atomic E-state index is -4.11. The zero-order valence-electron chi connectivity index (χ0n) is 7.35. The van der Waals surface area contributed by atoms with Crippen molar-refractivity contribution in [3.05, 3.63) is 0 Å². The highest BCUT2D eigenvalue weighted by Gasteiger charge is 2.32. The maximum atomic E-state index is 12.0. The summed E-state index contributed by atoms with van der Waals surface area (Å²) in [7, 11) is 0. The van der Waals surface area contributed by atoms with E-state index >= 15 is 0 Å². The van der Waals surface area contributed by atoms with Crippen LogP contribution in [0.1, 0.15) is 12.8 Å². The molecule has 5 heteroatoms. The molecule has 0 bridgehead atoms. The van der Waals surface area contributed by atoms with Gasteiger partial charge in [-0.2, -0.15) is 13.2 Å². The van der Waals surface area contributed by atoms with Gasteiger partial charge in [-0.25, -0.2) is 0 Å². The third-order valence-corrected chi connectivity index (χ3v) is 2.26. The summed E-state index contributed by atoms with van der Waals surface area (Å²) in [5.74, 6) is 0.0242. The summed E-state index contributed by atoms with van der Waals surface area (Å²) in [6.45, 7) is 0.0177. The van der Waals surface area contributed by atoms with E-state index in [2.05, 4.69) is 0 Å². The fourth-order valence-electron chi connectivity index (χ4n) is 1.70. The zero-order chi connectivity index (χ0) is 9.90. The summed E-state index contributed by atoms with van der Waals surface area (Å²) in [5, 5.41) is 8.80. The summed E-state index contributed by atoms with van der Waals surface area (Å²) in [5.41, 5.74) is 0. The lowest BCUT2D eigenvalue weighted by Gasteiger charge is -2.32. The van der Waals surface area contributed by atoms with Crippen LogP contribution < -0.4 is 0 Å². The number of nitrogens with zero attached hydrogens (tertiary/aromatic N) is 1. The molecule has 1 heterocycles. The largest absolute Gasteiger partial charge is 0.401 e. The van der Waals surface area contributed by atoms with Crippen LogP contribution in [-0.4, -0.2) is 42.4 Å². The fourth-order valence-corrected chi connectivity index (χ4v) is 1.70. The molecule has 0 aromatic rings. The molecule has 0 amide bonds. The minimum absolute atomic E-state index is 0.00560. The number of aliphatic hydroxyl groups is 1. The third kappa shape index (κ3) is 3.95. The van der Waals surface area contributed by atoms with E-state index in [1.165, 1.54) is 4.90 Å². The second-order valence-electron chi connectivity index (χ2n) is 3.54. The van der Waals surface area contributed by atoms with Crippen LogP contribution in [0.3, 0.4) is 0 Å². The van der Waals surface area contributed by atoms with Gasteiger partial charge in [0.2, 0.25) is 0 Å². The predicted octanol–water partition coefficient (Wildman–Crippen LogP) is 1.25. The molecule has 1 rings (SSSR count). The van der Waals surface area contributed by atoms with E-state index in [0.29, 0.717) is 13.1 Å². The lowest BCUT2D eigenvalue weighted by atomic mass is 9.99. The molecule has 2 nitrogen and oxygen atoms in total. The van der Waals surface area contributed by atoms with Gasteiger partial charge in [-0.3, -0.25) is 4.90 Å². The highest BCUT2D eigenvalue weighted by atomic mass is 19.4. The van der Waals surface area contributed by atoms with Gasteiger partial charge < -0.3 is 5.11 Å². The first-order valence-electron chi connectivity index (χ1n) is 4.41. The maximum absolute atomic E-state index is 12.0. The highest BCUT2D eigenvalue weighted by Crippen LogP contribution is 2.21. The van der Waals surface area contributed by atoms with Gasteiger partial charge in [0.05, 0.1) is 6.54 Å². The molecule has 0 radical (unpaired) electrons. The minimum Gasteiger partial charge on any atom is -0.396 e. The van der Waals surface area contributed by atoms with Crippen LogP contribution in [0.15, 0.2) is 0 Å². The molecule has 0 aromatic heterocycles. The van der Waals surface area contributed by atoms with Crippen molar-refractivity contribution in [3.8, 4) is 0 Å². The Labute approximate surface area is 75.3 Å². The number of rotatable bonds is 2. The van der Waals surface area contributed by atoms with Crippen molar-refractivity contribution in [2.45, 2.75) is 19.0 Å². The molecule has 1 N–H and O–H groups in total. The van der Waals surface area contributed by atoms with E-state index in [4.69, 9.17) is 5.11 Å². The van der Waals surface area contributed by atoms with Crippen molar-refractivity contribution >= 4 is 0 Å². The second kappa shape index (κ2) is 4.28. The Bertz CT molecular complexity index is 160. The molecule has 0 aliphatic carbocycles. The van der Waals surface area contributed by atoms with Crippen LogP contribution >= 0.6 is 0 Å². The molecule has 0 aromatic carbocycles. The molecular formula is C8H14F3NO. The summed E-state index contributed by atoms with van der Waals surface area (Å²) in [4.78, 5) is 1.37. The van der Waals surface area contributed by atoms with Crippen LogP contribution in [0, 0.1) is 5.92 Å². The molecule has 1 aliphatic heterocycles. The van der Waals surface area contributed by atoms with Gasteiger partial charge in [0.15, 0.2) is 0 Å². The fraction of sp³-hybridized carbons (Fsp3) is 1.00. The number of halogens is 3. The monoisotopic (exact) mass is 197 g/mol. The summed E-state index contributed by atoms with van der Waals surface area (Å²) in [6, 6.07) is 0. The van der Waals surface area contributed by atoms with Gasteiger partial charge in [-0.15, -0.1) is 0 Å². The summed E-state index contributed by atoms with van der Waals surface area (Å²) >= 11 is 0. The number of aliphatic hydroxyl groups excluding tert-OH is 1. The Morgan fingerprint density at radius 2 is 2.08 bits per heavy atom. The highest BCUT2D eigenvalue weighted by molar-refractivity contribution is 4.74. The molecule has 1 saturated heterocycles. The second-order valence-corrected chi connectivity index (χ2v) is 3.54. The van der Waals surface area contributed by atoms with Gasteiger partial charge in [0.1, 0.15) is 0 Å². The molecule has 1 fully saturated rings. The van der Waals surface area contributed by atoms with Crippen LogP contribution in [0.5, 0.6) is 0 Å². The van der Waals surface area contributed by atoms with Crippen LogP contribution in [0.4, 0.5) is 13.2 Å². The molecular weight excluding hydrogens is 183 g/mol. The number of piperidine rings is 1. The number of alkyl halides is 3. The SMILES string of the molecule is OC[C@H]1CCCN(CC(F)(F)F)C1. The van der Waals surface area contributed by atoms with E-state index in [0.717, 1.165) is 12.8 Å². The van der Waals surface area contributed by atoms with Crippen molar-refractivity contribution in [3.63, 3.8) is 0 Å². The van der Waals surface area contributed by atoms with Gasteiger partial charge in [0.25, 0.3) is 0 Å².